The maximum absolute atomic E-state index is 12.9. The third kappa shape index (κ3) is 5.02. The lowest BCUT2D eigenvalue weighted by atomic mass is 10.1. The Labute approximate surface area is 195 Å². The van der Waals surface area contributed by atoms with Crippen LogP contribution in [0.25, 0.3) is 0 Å². The molecule has 1 fully saturated rings. The summed E-state index contributed by atoms with van der Waals surface area (Å²) in [4.78, 5) is 36.5. The number of hydrogen-bond acceptors (Lipinski definition) is 7. The van der Waals surface area contributed by atoms with E-state index < -0.39 is 28.4 Å². The molecule has 2 aromatic rings. The summed E-state index contributed by atoms with van der Waals surface area (Å²) in [6.45, 7) is 0.147. The van der Waals surface area contributed by atoms with Gasteiger partial charge in [0.1, 0.15) is 5.75 Å². The predicted octanol–water partition coefficient (Wildman–Crippen LogP) is 2.89. The van der Waals surface area contributed by atoms with Crippen LogP contribution in [0.5, 0.6) is 5.75 Å². The lowest BCUT2D eigenvalue weighted by Gasteiger charge is -2.26. The Morgan fingerprint density at radius 2 is 1.85 bits per heavy atom. The number of fused-ring (bicyclic) bond motifs is 1. The van der Waals surface area contributed by atoms with E-state index in [4.69, 9.17) is 21.1 Å². The van der Waals surface area contributed by atoms with Crippen LogP contribution >= 0.6 is 11.6 Å². The van der Waals surface area contributed by atoms with Crippen molar-refractivity contribution >= 4 is 45.0 Å². The monoisotopic (exact) mass is 492 g/mol. The van der Waals surface area contributed by atoms with Gasteiger partial charge in [-0.15, -0.1) is 0 Å². The molecule has 4 rings (SSSR count). The smallest absolute Gasteiger partial charge is 0.340 e. The molecular weight excluding hydrogens is 472 g/mol. The van der Waals surface area contributed by atoms with Crippen LogP contribution in [0.15, 0.2) is 41.3 Å². The largest absolute Gasteiger partial charge is 0.482 e. The van der Waals surface area contributed by atoms with E-state index in [2.05, 4.69) is 5.32 Å². The van der Waals surface area contributed by atoms with Crippen molar-refractivity contribution in [2.45, 2.75) is 24.2 Å². The van der Waals surface area contributed by atoms with Gasteiger partial charge in [-0.05, 0) is 49.2 Å². The molecule has 2 aliphatic heterocycles. The first-order chi connectivity index (χ1) is 15.8. The number of rotatable bonds is 6. The molecular formula is C22H21ClN2O7S. The number of ketones is 1. The number of carbonyl (C=O) groups is 3. The second-order valence-corrected chi connectivity index (χ2v) is 10.00. The number of nitrogens with zero attached hydrogens (tertiary/aromatic N) is 1. The van der Waals surface area contributed by atoms with E-state index >= 15 is 0 Å². The van der Waals surface area contributed by atoms with Gasteiger partial charge >= 0.3 is 5.97 Å². The number of esters is 1. The fourth-order valence-electron chi connectivity index (χ4n) is 3.62. The van der Waals surface area contributed by atoms with Crippen molar-refractivity contribution in [2.75, 3.05) is 31.6 Å². The van der Waals surface area contributed by atoms with Gasteiger partial charge in [-0.2, -0.15) is 4.31 Å². The molecule has 33 heavy (non-hydrogen) atoms. The van der Waals surface area contributed by atoms with Gasteiger partial charge < -0.3 is 14.8 Å². The van der Waals surface area contributed by atoms with E-state index in [1.807, 2.05) is 0 Å². The van der Waals surface area contributed by atoms with Crippen LogP contribution in [0.1, 0.15) is 40.0 Å². The number of benzene rings is 2. The maximum atomic E-state index is 12.9. The van der Waals surface area contributed by atoms with Crippen LogP contribution in [0.4, 0.5) is 5.69 Å². The highest BCUT2D eigenvalue weighted by atomic mass is 35.5. The molecule has 0 bridgehead atoms. The Morgan fingerprint density at radius 3 is 2.61 bits per heavy atom. The van der Waals surface area contributed by atoms with Crippen LogP contribution in [0, 0.1) is 0 Å². The topological polar surface area (TPSA) is 119 Å². The van der Waals surface area contributed by atoms with Gasteiger partial charge in [0.05, 0.1) is 21.2 Å². The first-order valence-electron chi connectivity index (χ1n) is 10.3. The van der Waals surface area contributed by atoms with Gasteiger partial charge in [0, 0.05) is 18.7 Å². The number of nitrogens with one attached hydrogen (secondary N) is 1. The third-order valence-corrected chi connectivity index (χ3v) is 7.60. The van der Waals surface area contributed by atoms with Gasteiger partial charge in [0.25, 0.3) is 5.91 Å². The van der Waals surface area contributed by atoms with Crippen molar-refractivity contribution in [2.24, 2.45) is 0 Å². The maximum Gasteiger partial charge on any atom is 0.340 e. The normalized spacial score (nSPS) is 16.3. The summed E-state index contributed by atoms with van der Waals surface area (Å²) in [7, 11) is -3.77. The minimum absolute atomic E-state index is 0.0127. The number of anilines is 1. The molecule has 1 saturated heterocycles. The van der Waals surface area contributed by atoms with Crippen LogP contribution in [0.3, 0.4) is 0 Å². The summed E-state index contributed by atoms with van der Waals surface area (Å²) in [6.07, 6.45) is 2.53. The van der Waals surface area contributed by atoms with Crippen molar-refractivity contribution in [3.63, 3.8) is 0 Å². The van der Waals surface area contributed by atoms with Crippen molar-refractivity contribution in [1.29, 1.82) is 0 Å². The zero-order valence-corrected chi connectivity index (χ0v) is 19.1. The molecule has 0 aromatic heterocycles. The number of halogens is 1. The Hall–Kier alpha value is -2.95. The zero-order chi connectivity index (χ0) is 23.6. The average Bonchev–Trinajstić information content (AvgIpc) is 2.82. The summed E-state index contributed by atoms with van der Waals surface area (Å²) in [5, 5.41) is 2.61. The van der Waals surface area contributed by atoms with Gasteiger partial charge in [0.15, 0.2) is 19.0 Å². The summed E-state index contributed by atoms with van der Waals surface area (Å²) < 4.78 is 37.5. The van der Waals surface area contributed by atoms with E-state index in [0.717, 1.165) is 19.3 Å². The van der Waals surface area contributed by atoms with Crippen molar-refractivity contribution in [3.8, 4) is 5.75 Å². The Kier molecular flexibility index (Phi) is 6.68. The molecule has 0 spiro atoms. The van der Waals surface area contributed by atoms with Crippen LogP contribution < -0.4 is 10.1 Å². The summed E-state index contributed by atoms with van der Waals surface area (Å²) in [6, 6.07) is 8.30. The zero-order valence-electron chi connectivity index (χ0n) is 17.5. The second kappa shape index (κ2) is 9.50. The molecule has 2 heterocycles. The van der Waals surface area contributed by atoms with Gasteiger partial charge in [-0.25, -0.2) is 13.2 Å². The lowest BCUT2D eigenvalue weighted by molar-refractivity contribution is -0.118. The molecule has 0 atom stereocenters. The van der Waals surface area contributed by atoms with Crippen LogP contribution in [-0.4, -0.2) is 56.7 Å². The molecule has 2 aliphatic rings. The highest BCUT2D eigenvalue weighted by Gasteiger charge is 2.28. The SMILES string of the molecule is O=C1COc2ccc(C(=O)COC(=O)c3cc(S(=O)(=O)N4CCCCC4)ccc3Cl)cc2N1. The second-order valence-electron chi connectivity index (χ2n) is 7.65. The molecule has 1 N–H and O–H groups in total. The first-order valence-corrected chi connectivity index (χ1v) is 12.1. The van der Waals surface area contributed by atoms with E-state index in [1.54, 1.807) is 0 Å². The predicted molar refractivity (Wildman–Crippen MR) is 119 cm³/mol. The number of amides is 1. The fourth-order valence-corrected chi connectivity index (χ4v) is 5.36. The average molecular weight is 493 g/mol. The molecule has 2 aromatic carbocycles. The number of carbonyl (C=O) groups excluding carboxylic acids is 3. The molecule has 1 amide bonds. The number of Topliss-reactive ketones (excluding diaryl/α,β-unsaturated/α-hetero) is 1. The van der Waals surface area contributed by atoms with Crippen molar-refractivity contribution < 1.29 is 32.3 Å². The Bertz CT molecular complexity index is 1220. The van der Waals surface area contributed by atoms with Gasteiger partial charge in [0.2, 0.25) is 10.0 Å². The standard InChI is InChI=1S/C22H21ClN2O7S/c23-17-6-5-15(33(29,30)25-8-2-1-3-9-25)11-16(17)22(28)32-12-19(26)14-4-7-20-18(10-14)24-21(27)13-31-20/h4-7,10-11H,1-3,8-9,12-13H2,(H,24,27). The summed E-state index contributed by atoms with van der Waals surface area (Å²) in [5.74, 6) is -1.34. The van der Waals surface area contributed by atoms with Crippen LogP contribution in [0.2, 0.25) is 5.02 Å². The van der Waals surface area contributed by atoms with Crippen LogP contribution in [-0.2, 0) is 19.6 Å². The summed E-state index contributed by atoms with van der Waals surface area (Å²) in [5.41, 5.74) is 0.413. The molecule has 174 valence electrons. The quantitative estimate of drug-likeness (QED) is 0.486. The minimum Gasteiger partial charge on any atom is -0.482 e. The number of sulfonamides is 1. The highest BCUT2D eigenvalue weighted by Crippen LogP contribution is 2.29. The molecule has 9 nitrogen and oxygen atoms in total. The molecule has 0 unspecified atom stereocenters. The van der Waals surface area contributed by atoms with E-state index in [1.165, 1.54) is 40.7 Å². The first kappa shape index (κ1) is 23.2. The molecule has 0 saturated carbocycles. The number of hydrogen-bond donors (Lipinski definition) is 1. The van der Waals surface area contributed by atoms with Crippen molar-refractivity contribution in [3.05, 3.63) is 52.5 Å². The highest BCUT2D eigenvalue weighted by molar-refractivity contribution is 7.89. The minimum atomic E-state index is -3.77. The van der Waals surface area contributed by atoms with E-state index in [9.17, 15) is 22.8 Å². The number of piperidine rings is 1. The Morgan fingerprint density at radius 1 is 1.09 bits per heavy atom. The van der Waals surface area contributed by atoms with E-state index in [-0.39, 0.29) is 33.6 Å². The van der Waals surface area contributed by atoms with Gasteiger partial charge in [-0.3, -0.25) is 9.59 Å². The van der Waals surface area contributed by atoms with Gasteiger partial charge in [-0.1, -0.05) is 18.0 Å². The molecule has 11 heteroatoms. The third-order valence-electron chi connectivity index (χ3n) is 5.38. The lowest BCUT2D eigenvalue weighted by Crippen LogP contribution is -2.35. The summed E-state index contributed by atoms with van der Waals surface area (Å²) >= 11 is 6.10. The number of ether oxygens (including phenoxy) is 2. The Balaban J connectivity index is 1.46. The molecule has 0 radical (unpaired) electrons. The van der Waals surface area contributed by atoms with Crippen molar-refractivity contribution in [1.82, 2.24) is 4.31 Å². The fraction of sp³-hybridized carbons (Fsp3) is 0.318. The van der Waals surface area contributed by atoms with E-state index in [0.29, 0.717) is 24.5 Å². The molecule has 0 aliphatic carbocycles.